The smallest absolute Gasteiger partial charge is 0.307 e. The molecule has 1 aromatic heterocycles. The second kappa shape index (κ2) is 10.2. The summed E-state index contributed by atoms with van der Waals surface area (Å²) in [7, 11) is 1.44. The molecule has 1 heterocycles. The third-order valence-corrected chi connectivity index (χ3v) is 5.77. The molecular weight excluding hydrogens is 474 g/mol. The molecule has 1 N–H and O–H groups in total. The number of rotatable bonds is 8. The van der Waals surface area contributed by atoms with Crippen LogP contribution in [0.5, 0.6) is 11.5 Å². The molecule has 0 spiro atoms. The first-order valence-electron chi connectivity index (χ1n) is 11.3. The lowest BCUT2D eigenvalue weighted by Gasteiger charge is -2.12. The lowest BCUT2D eigenvalue weighted by molar-refractivity contribution is -0.385. The monoisotopic (exact) mass is 495 g/mol. The molecule has 0 unspecified atom stereocenters. The Hall–Kier alpha value is -5.18. The van der Waals surface area contributed by atoms with Gasteiger partial charge in [0.2, 0.25) is 0 Å². The number of ether oxygens (including phenoxy) is 2. The van der Waals surface area contributed by atoms with E-state index in [2.05, 4.69) is 10.5 Å². The zero-order chi connectivity index (χ0) is 25.8. The lowest BCUT2D eigenvalue weighted by atomic mass is 10.1. The number of fused-ring (bicyclic) bond motifs is 3. The number of carbonyl (C=O) groups excluding carboxylic acids is 1. The summed E-state index contributed by atoms with van der Waals surface area (Å²) in [5, 5.41) is 18.4. The molecule has 0 saturated carbocycles. The fourth-order valence-electron chi connectivity index (χ4n) is 3.95. The number of methoxy groups -OCH3 is 1. The van der Waals surface area contributed by atoms with E-state index in [0.29, 0.717) is 11.3 Å². The Bertz CT molecular complexity index is 1640. The summed E-state index contributed by atoms with van der Waals surface area (Å²) in [4.78, 5) is 23.8. The van der Waals surface area contributed by atoms with Gasteiger partial charge in [-0.05, 0) is 34.5 Å². The van der Waals surface area contributed by atoms with E-state index < -0.39 is 10.8 Å². The highest BCUT2D eigenvalue weighted by molar-refractivity contribution is 6.08. The number of hydrogen-bond acceptors (Lipinski definition) is 7. The molecule has 0 atom stereocenters. The van der Waals surface area contributed by atoms with Crippen LogP contribution in [0.2, 0.25) is 0 Å². The predicted molar refractivity (Wildman–Crippen MR) is 139 cm³/mol. The first kappa shape index (κ1) is 23.6. The number of carbonyl (C=O) groups is 1. The summed E-state index contributed by atoms with van der Waals surface area (Å²) in [6, 6.07) is 25.3. The van der Waals surface area contributed by atoms with Crippen molar-refractivity contribution in [2.75, 3.05) is 7.11 Å². The predicted octanol–water partition coefficient (Wildman–Crippen LogP) is 5.85. The van der Waals surface area contributed by atoms with Gasteiger partial charge in [0.05, 0.1) is 29.9 Å². The van der Waals surface area contributed by atoms with Crippen molar-refractivity contribution in [2.24, 2.45) is 5.10 Å². The van der Waals surface area contributed by atoms with E-state index in [0.717, 1.165) is 21.7 Å². The van der Waals surface area contributed by atoms with Crippen LogP contribution in [0.25, 0.3) is 21.7 Å². The van der Waals surface area contributed by atoms with E-state index in [9.17, 15) is 14.9 Å². The van der Waals surface area contributed by atoms with Gasteiger partial charge in [-0.15, -0.1) is 0 Å². The second-order valence-corrected chi connectivity index (χ2v) is 8.10. The van der Waals surface area contributed by atoms with Gasteiger partial charge >= 0.3 is 5.91 Å². The van der Waals surface area contributed by atoms with Gasteiger partial charge in [-0.1, -0.05) is 60.7 Å². The number of benzene rings is 4. The van der Waals surface area contributed by atoms with Crippen LogP contribution < -0.4 is 14.9 Å². The highest BCUT2D eigenvalue weighted by Gasteiger charge is 2.19. The number of hydrazone groups is 1. The van der Waals surface area contributed by atoms with Crippen molar-refractivity contribution < 1.29 is 23.6 Å². The number of nitrogens with one attached hydrogen (secondary N) is 1. The highest BCUT2D eigenvalue weighted by Crippen LogP contribution is 2.34. The van der Waals surface area contributed by atoms with Crippen LogP contribution in [0.3, 0.4) is 0 Å². The molecule has 0 saturated heterocycles. The van der Waals surface area contributed by atoms with E-state index in [1.54, 1.807) is 12.1 Å². The minimum Gasteiger partial charge on any atom is -0.493 e. The van der Waals surface area contributed by atoms with Gasteiger partial charge in [0.15, 0.2) is 17.3 Å². The zero-order valence-electron chi connectivity index (χ0n) is 19.7. The van der Waals surface area contributed by atoms with Gasteiger partial charge in [-0.3, -0.25) is 14.9 Å². The maximum atomic E-state index is 12.7. The Kier molecular flexibility index (Phi) is 6.50. The summed E-state index contributed by atoms with van der Waals surface area (Å²) < 4.78 is 16.8. The van der Waals surface area contributed by atoms with E-state index in [-0.39, 0.29) is 29.4 Å². The molecule has 0 aliphatic rings. The quantitative estimate of drug-likeness (QED) is 0.164. The van der Waals surface area contributed by atoms with E-state index >= 15 is 0 Å². The maximum absolute atomic E-state index is 12.7. The van der Waals surface area contributed by atoms with Crippen LogP contribution in [0, 0.1) is 10.1 Å². The van der Waals surface area contributed by atoms with Crippen LogP contribution in [0.4, 0.5) is 5.69 Å². The Balaban J connectivity index is 1.36. The fraction of sp³-hybridized carbons (Fsp3) is 0.0714. The van der Waals surface area contributed by atoms with Crippen molar-refractivity contribution in [2.45, 2.75) is 6.61 Å². The molecular formula is C28H21N3O6. The number of nitro groups is 1. The van der Waals surface area contributed by atoms with Crippen LogP contribution >= 0.6 is 0 Å². The minimum atomic E-state index is -0.589. The van der Waals surface area contributed by atoms with Crippen LogP contribution in [0.1, 0.15) is 21.7 Å². The van der Waals surface area contributed by atoms with Gasteiger partial charge < -0.3 is 13.9 Å². The van der Waals surface area contributed by atoms with Gasteiger partial charge in [0.25, 0.3) is 5.69 Å². The molecule has 5 rings (SSSR count). The standard InChI is InChI=1S/C28H21N3O6/c1-35-25-13-20(23(31(33)34)15-26(25)36-17-18-7-3-2-4-8-18)16-29-30-28(32)27-14-22-21-10-6-5-9-19(21)11-12-24(22)37-27/h2-16H,17H2,1H3,(H,30,32)/b29-16-. The average molecular weight is 495 g/mol. The van der Waals surface area contributed by atoms with Crippen LogP contribution in [-0.4, -0.2) is 24.2 Å². The third kappa shape index (κ3) is 4.96. The summed E-state index contributed by atoms with van der Waals surface area (Å²) in [5.74, 6) is -0.0126. The summed E-state index contributed by atoms with van der Waals surface area (Å²) in [6.45, 7) is 0.213. The van der Waals surface area contributed by atoms with Crippen molar-refractivity contribution in [3.05, 3.63) is 112 Å². The highest BCUT2D eigenvalue weighted by atomic mass is 16.6. The van der Waals surface area contributed by atoms with Gasteiger partial charge in [-0.25, -0.2) is 5.43 Å². The molecule has 0 aliphatic carbocycles. The number of furan rings is 1. The molecule has 4 aromatic carbocycles. The number of amides is 1. The largest absolute Gasteiger partial charge is 0.493 e. The molecule has 0 fully saturated rings. The molecule has 5 aromatic rings. The molecule has 184 valence electrons. The Labute approximate surface area is 211 Å². The molecule has 0 aliphatic heterocycles. The third-order valence-electron chi connectivity index (χ3n) is 5.77. The number of hydrogen-bond donors (Lipinski definition) is 1. The van der Waals surface area contributed by atoms with Gasteiger partial charge in [0, 0.05) is 5.39 Å². The minimum absolute atomic E-state index is 0.0697. The Morgan fingerprint density at radius 1 is 1.00 bits per heavy atom. The van der Waals surface area contributed by atoms with Crippen LogP contribution in [-0.2, 0) is 6.61 Å². The van der Waals surface area contributed by atoms with Crippen molar-refractivity contribution in [3.8, 4) is 11.5 Å². The van der Waals surface area contributed by atoms with Crippen molar-refractivity contribution in [1.29, 1.82) is 0 Å². The SMILES string of the molecule is COc1cc(/C=N\NC(=O)c2cc3c(ccc4ccccc43)o2)c([N+](=O)[O-])cc1OCc1ccccc1. The van der Waals surface area contributed by atoms with Crippen molar-refractivity contribution in [1.82, 2.24) is 5.43 Å². The summed E-state index contributed by atoms with van der Waals surface area (Å²) >= 11 is 0. The van der Waals surface area contributed by atoms with E-state index in [1.165, 1.54) is 25.5 Å². The van der Waals surface area contributed by atoms with Crippen molar-refractivity contribution >= 4 is 39.6 Å². The fourth-order valence-corrected chi connectivity index (χ4v) is 3.95. The number of nitrogens with zero attached hydrogens (tertiary/aromatic N) is 2. The van der Waals surface area contributed by atoms with Crippen LogP contribution in [0.15, 0.2) is 94.4 Å². The van der Waals surface area contributed by atoms with E-state index in [4.69, 9.17) is 13.9 Å². The summed E-state index contributed by atoms with van der Waals surface area (Å²) in [6.07, 6.45) is 1.18. The lowest BCUT2D eigenvalue weighted by Crippen LogP contribution is -2.16. The average Bonchev–Trinajstić information content (AvgIpc) is 3.37. The maximum Gasteiger partial charge on any atom is 0.307 e. The molecule has 9 heteroatoms. The second-order valence-electron chi connectivity index (χ2n) is 8.10. The van der Waals surface area contributed by atoms with E-state index in [1.807, 2.05) is 60.7 Å². The summed E-state index contributed by atoms with van der Waals surface area (Å²) in [5.41, 5.74) is 3.71. The first-order chi connectivity index (χ1) is 18.0. The normalized spacial score (nSPS) is 11.2. The molecule has 0 radical (unpaired) electrons. The molecule has 9 nitrogen and oxygen atoms in total. The first-order valence-corrected chi connectivity index (χ1v) is 11.3. The zero-order valence-corrected chi connectivity index (χ0v) is 19.7. The molecule has 1 amide bonds. The van der Waals surface area contributed by atoms with Gasteiger partial charge in [-0.2, -0.15) is 5.10 Å². The molecule has 0 bridgehead atoms. The van der Waals surface area contributed by atoms with Crippen molar-refractivity contribution in [3.63, 3.8) is 0 Å². The van der Waals surface area contributed by atoms with Gasteiger partial charge in [0.1, 0.15) is 12.2 Å². The number of nitro benzene ring substituents is 1. The topological polar surface area (TPSA) is 116 Å². The Morgan fingerprint density at radius 3 is 2.57 bits per heavy atom. The Morgan fingerprint density at radius 2 is 1.78 bits per heavy atom. The molecule has 37 heavy (non-hydrogen) atoms.